The molecule has 0 atom stereocenters. The summed E-state index contributed by atoms with van der Waals surface area (Å²) in [6, 6.07) is 8.62. The number of carbonyl (C=O) groups excluding carboxylic acids is 1. The van der Waals surface area contributed by atoms with Gasteiger partial charge >= 0.3 is 7.12 Å². The Bertz CT molecular complexity index is 1040. The molecule has 1 amide bonds. The fraction of sp³-hybridized carbons (Fsp3) is 0.316. The number of hydrogen-bond acceptors (Lipinski definition) is 3. The Balaban J connectivity index is 2.06. The lowest BCUT2D eigenvalue weighted by molar-refractivity contribution is 0.00578. The molecular weight excluding hydrogens is 334 g/mol. The third-order valence-electron chi connectivity index (χ3n) is 5.53. The van der Waals surface area contributed by atoms with E-state index in [-0.39, 0.29) is 11.0 Å². The van der Waals surface area contributed by atoms with Gasteiger partial charge in [0.15, 0.2) is 0 Å². The van der Waals surface area contributed by atoms with Crippen LogP contribution in [0.4, 0.5) is 4.39 Å². The molecular formula is C19H20BFN2O3. The van der Waals surface area contributed by atoms with Crippen molar-refractivity contribution in [1.82, 2.24) is 4.98 Å². The van der Waals surface area contributed by atoms with Gasteiger partial charge in [0.2, 0.25) is 0 Å². The number of benzene rings is 2. The molecule has 1 aliphatic rings. The van der Waals surface area contributed by atoms with Crippen LogP contribution in [0.3, 0.4) is 0 Å². The van der Waals surface area contributed by atoms with E-state index in [1.807, 2.05) is 52.0 Å². The van der Waals surface area contributed by atoms with E-state index in [2.05, 4.69) is 4.98 Å². The van der Waals surface area contributed by atoms with Gasteiger partial charge in [-0.2, -0.15) is 0 Å². The molecule has 2 aromatic carbocycles. The van der Waals surface area contributed by atoms with Gasteiger partial charge in [0.05, 0.1) is 22.3 Å². The molecule has 1 saturated heterocycles. The second kappa shape index (κ2) is 5.31. The molecule has 0 bridgehead atoms. The molecule has 5 nitrogen and oxygen atoms in total. The number of rotatable bonds is 2. The van der Waals surface area contributed by atoms with Crippen molar-refractivity contribution >= 4 is 40.3 Å². The molecule has 1 aromatic heterocycles. The van der Waals surface area contributed by atoms with Gasteiger partial charge in [-0.15, -0.1) is 0 Å². The molecule has 3 N–H and O–H groups in total. The van der Waals surface area contributed by atoms with Crippen molar-refractivity contribution in [2.24, 2.45) is 5.73 Å². The number of amides is 1. The standard InChI is InChI=1S/C19H20BFN2O3/c1-18(2)19(3,4)26-20(25-18)15-12(21)9-11(17(22)24)16-14(15)10-7-5-6-8-13(10)23-16/h5-9,23H,1-4H3,(H2,22,24). The molecule has 0 spiro atoms. The summed E-state index contributed by atoms with van der Waals surface area (Å²) in [7, 11) is -0.886. The van der Waals surface area contributed by atoms with Crippen LogP contribution in [0, 0.1) is 5.82 Å². The second-order valence-electron chi connectivity index (χ2n) is 7.69. The van der Waals surface area contributed by atoms with Gasteiger partial charge < -0.3 is 20.0 Å². The summed E-state index contributed by atoms with van der Waals surface area (Å²) in [6.45, 7) is 7.65. The van der Waals surface area contributed by atoms with E-state index >= 15 is 4.39 Å². The predicted octanol–water partition coefficient (Wildman–Crippen LogP) is 2.86. The van der Waals surface area contributed by atoms with Crippen molar-refractivity contribution in [2.75, 3.05) is 0 Å². The van der Waals surface area contributed by atoms with Crippen LogP contribution in [0.25, 0.3) is 21.8 Å². The minimum Gasteiger partial charge on any atom is -0.399 e. The SMILES string of the molecule is CC1(C)OB(c2c(F)cc(C(N)=O)c3[nH]c4ccccc4c23)OC1(C)C. The third kappa shape index (κ3) is 2.27. The van der Waals surface area contributed by atoms with Crippen molar-refractivity contribution in [3.8, 4) is 0 Å². The largest absolute Gasteiger partial charge is 0.498 e. The number of hydrogen-bond donors (Lipinski definition) is 2. The van der Waals surface area contributed by atoms with Gasteiger partial charge in [0, 0.05) is 21.8 Å². The molecule has 3 aromatic rings. The quantitative estimate of drug-likeness (QED) is 0.695. The zero-order chi connectivity index (χ0) is 18.9. The lowest BCUT2D eigenvalue weighted by Gasteiger charge is -2.32. The molecule has 0 saturated carbocycles. The summed E-state index contributed by atoms with van der Waals surface area (Å²) >= 11 is 0. The predicted molar refractivity (Wildman–Crippen MR) is 100.0 cm³/mol. The Kier molecular flexibility index (Phi) is 3.49. The average molecular weight is 354 g/mol. The van der Waals surface area contributed by atoms with Crippen LogP contribution in [0.2, 0.25) is 0 Å². The number of para-hydroxylation sites is 1. The van der Waals surface area contributed by atoms with Crippen LogP contribution in [0.1, 0.15) is 38.1 Å². The Morgan fingerprint density at radius 3 is 2.38 bits per heavy atom. The lowest BCUT2D eigenvalue weighted by Crippen LogP contribution is -2.41. The Morgan fingerprint density at radius 1 is 1.15 bits per heavy atom. The minimum absolute atomic E-state index is 0.106. The normalized spacial score (nSPS) is 18.7. The van der Waals surface area contributed by atoms with Crippen LogP contribution >= 0.6 is 0 Å². The van der Waals surface area contributed by atoms with Gasteiger partial charge in [0.1, 0.15) is 5.82 Å². The number of H-pyrrole nitrogens is 1. The highest BCUT2D eigenvalue weighted by Gasteiger charge is 2.53. The van der Waals surface area contributed by atoms with Gasteiger partial charge in [-0.25, -0.2) is 4.39 Å². The van der Waals surface area contributed by atoms with Crippen LogP contribution in [0.15, 0.2) is 30.3 Å². The highest BCUT2D eigenvalue weighted by molar-refractivity contribution is 6.66. The van der Waals surface area contributed by atoms with Crippen molar-refractivity contribution in [3.63, 3.8) is 0 Å². The minimum atomic E-state index is -0.886. The van der Waals surface area contributed by atoms with E-state index in [0.29, 0.717) is 10.9 Å². The smallest absolute Gasteiger partial charge is 0.399 e. The molecule has 0 unspecified atom stereocenters. The molecule has 134 valence electrons. The summed E-state index contributed by atoms with van der Waals surface area (Å²) in [5, 5.41) is 1.35. The van der Waals surface area contributed by atoms with Crippen molar-refractivity contribution in [2.45, 2.75) is 38.9 Å². The van der Waals surface area contributed by atoms with E-state index in [0.717, 1.165) is 17.0 Å². The molecule has 0 radical (unpaired) electrons. The van der Waals surface area contributed by atoms with Crippen molar-refractivity contribution < 1.29 is 18.5 Å². The number of aromatic nitrogens is 1. The van der Waals surface area contributed by atoms with Gasteiger partial charge in [-0.1, -0.05) is 18.2 Å². The van der Waals surface area contributed by atoms with Gasteiger partial charge in [-0.3, -0.25) is 4.79 Å². The van der Waals surface area contributed by atoms with Crippen LogP contribution in [0.5, 0.6) is 0 Å². The van der Waals surface area contributed by atoms with E-state index in [1.165, 1.54) is 0 Å². The number of carbonyl (C=O) groups is 1. The van der Waals surface area contributed by atoms with E-state index in [1.54, 1.807) is 0 Å². The molecule has 26 heavy (non-hydrogen) atoms. The zero-order valence-electron chi connectivity index (χ0n) is 15.1. The summed E-state index contributed by atoms with van der Waals surface area (Å²) in [4.78, 5) is 15.0. The summed E-state index contributed by atoms with van der Waals surface area (Å²) in [6.07, 6.45) is 0. The average Bonchev–Trinajstić information content (AvgIpc) is 3.01. The topological polar surface area (TPSA) is 77.3 Å². The molecule has 1 fully saturated rings. The first-order valence-corrected chi connectivity index (χ1v) is 8.50. The Labute approximate surface area is 150 Å². The summed E-state index contributed by atoms with van der Waals surface area (Å²) in [5.41, 5.74) is 5.92. The first-order valence-electron chi connectivity index (χ1n) is 8.50. The number of fused-ring (bicyclic) bond motifs is 3. The lowest BCUT2D eigenvalue weighted by atomic mass is 9.75. The highest BCUT2D eigenvalue weighted by atomic mass is 19.1. The van der Waals surface area contributed by atoms with Crippen molar-refractivity contribution in [3.05, 3.63) is 41.7 Å². The Hall–Kier alpha value is -2.38. The van der Waals surface area contributed by atoms with Gasteiger partial charge in [-0.05, 0) is 39.8 Å². The fourth-order valence-electron chi connectivity index (χ4n) is 3.41. The monoisotopic (exact) mass is 354 g/mol. The van der Waals surface area contributed by atoms with Crippen LogP contribution in [-0.4, -0.2) is 29.2 Å². The zero-order valence-corrected chi connectivity index (χ0v) is 15.1. The first-order chi connectivity index (χ1) is 12.1. The summed E-state index contributed by atoms with van der Waals surface area (Å²) < 4.78 is 27.3. The maximum atomic E-state index is 15.1. The van der Waals surface area contributed by atoms with Gasteiger partial charge in [0.25, 0.3) is 5.91 Å². The van der Waals surface area contributed by atoms with E-state index in [4.69, 9.17) is 15.0 Å². The van der Waals surface area contributed by atoms with E-state index < -0.39 is 30.0 Å². The molecule has 2 heterocycles. The number of nitrogens with one attached hydrogen (secondary N) is 1. The highest BCUT2D eigenvalue weighted by Crippen LogP contribution is 2.38. The maximum absolute atomic E-state index is 15.1. The summed E-state index contributed by atoms with van der Waals surface area (Å²) in [5.74, 6) is -1.27. The maximum Gasteiger partial charge on any atom is 0.498 e. The Morgan fingerprint density at radius 2 is 1.77 bits per heavy atom. The number of primary amides is 1. The number of halogens is 1. The fourth-order valence-corrected chi connectivity index (χ4v) is 3.41. The van der Waals surface area contributed by atoms with Crippen LogP contribution in [-0.2, 0) is 9.31 Å². The molecule has 4 rings (SSSR count). The van der Waals surface area contributed by atoms with Crippen molar-refractivity contribution in [1.29, 1.82) is 0 Å². The molecule has 0 aliphatic carbocycles. The number of nitrogens with two attached hydrogens (primary N) is 1. The second-order valence-corrected chi connectivity index (χ2v) is 7.69. The van der Waals surface area contributed by atoms with Crippen LogP contribution < -0.4 is 11.2 Å². The third-order valence-corrected chi connectivity index (χ3v) is 5.53. The molecule has 1 aliphatic heterocycles. The molecule has 7 heteroatoms. The number of aromatic amines is 1. The first kappa shape index (κ1) is 17.1. The van der Waals surface area contributed by atoms with E-state index in [9.17, 15) is 4.79 Å².